The Morgan fingerprint density at radius 1 is 1.30 bits per heavy atom. The van der Waals surface area contributed by atoms with Gasteiger partial charge in [-0.2, -0.15) is 5.26 Å². The van der Waals surface area contributed by atoms with Crippen molar-refractivity contribution >= 4 is 17.9 Å². The van der Waals surface area contributed by atoms with Gasteiger partial charge in [-0.1, -0.05) is 37.3 Å². The first kappa shape index (κ1) is 21.9. The number of aliphatic hydroxyl groups is 1. The SMILES string of the molecule is C[C@H](CC#N)[C@@H](NC(=O)C[C@H](O)CNC(=O)OCc1ccccc1)C(N)=O. The lowest BCUT2D eigenvalue weighted by Gasteiger charge is -2.21. The van der Waals surface area contributed by atoms with Crippen molar-refractivity contribution in [3.8, 4) is 6.07 Å². The summed E-state index contributed by atoms with van der Waals surface area (Å²) in [5.41, 5.74) is 6.04. The summed E-state index contributed by atoms with van der Waals surface area (Å²) in [7, 11) is 0. The lowest BCUT2D eigenvalue weighted by molar-refractivity contribution is -0.129. The van der Waals surface area contributed by atoms with Crippen molar-refractivity contribution in [3.63, 3.8) is 0 Å². The molecular formula is C18H24N4O5. The maximum atomic E-state index is 11.9. The molecule has 0 bridgehead atoms. The minimum Gasteiger partial charge on any atom is -0.445 e. The number of primary amides is 1. The molecule has 27 heavy (non-hydrogen) atoms. The second kappa shape index (κ2) is 11.5. The number of hydrogen-bond donors (Lipinski definition) is 4. The van der Waals surface area contributed by atoms with Gasteiger partial charge in [0.2, 0.25) is 11.8 Å². The molecule has 1 aromatic carbocycles. The molecule has 0 aliphatic heterocycles. The number of hydrogen-bond acceptors (Lipinski definition) is 6. The number of nitrogens with one attached hydrogen (secondary N) is 2. The first-order valence-corrected chi connectivity index (χ1v) is 8.41. The third kappa shape index (κ3) is 8.69. The van der Waals surface area contributed by atoms with Crippen molar-refractivity contribution < 1.29 is 24.2 Å². The Kier molecular flexibility index (Phi) is 9.33. The Bertz CT molecular complexity index is 674. The second-order valence-electron chi connectivity index (χ2n) is 6.09. The zero-order valence-electron chi connectivity index (χ0n) is 15.1. The first-order chi connectivity index (χ1) is 12.8. The summed E-state index contributed by atoms with van der Waals surface area (Å²) in [4.78, 5) is 34.9. The van der Waals surface area contributed by atoms with E-state index in [2.05, 4.69) is 10.6 Å². The highest BCUT2D eigenvalue weighted by Gasteiger charge is 2.25. The van der Waals surface area contributed by atoms with Gasteiger partial charge in [0.25, 0.3) is 0 Å². The molecule has 0 saturated carbocycles. The standard InChI is InChI=1S/C18H24N4O5/c1-12(7-8-19)16(17(20)25)22-15(24)9-14(23)10-21-18(26)27-11-13-5-3-2-4-6-13/h2-6,12,14,16,23H,7,9-11H2,1H3,(H2,20,25)(H,21,26)(H,22,24)/t12-,14+,16-/m1/s1. The molecule has 9 heteroatoms. The molecule has 3 amide bonds. The number of aliphatic hydroxyl groups excluding tert-OH is 1. The van der Waals surface area contributed by atoms with Crippen LogP contribution < -0.4 is 16.4 Å². The zero-order valence-corrected chi connectivity index (χ0v) is 15.1. The van der Waals surface area contributed by atoms with Gasteiger partial charge in [0.1, 0.15) is 12.6 Å². The molecule has 146 valence electrons. The van der Waals surface area contributed by atoms with Gasteiger partial charge in [-0.05, 0) is 11.5 Å². The van der Waals surface area contributed by atoms with Crippen LogP contribution in [-0.2, 0) is 20.9 Å². The van der Waals surface area contributed by atoms with E-state index in [1.165, 1.54) is 0 Å². The molecule has 0 aliphatic rings. The monoisotopic (exact) mass is 376 g/mol. The van der Waals surface area contributed by atoms with Crippen molar-refractivity contribution in [2.75, 3.05) is 6.54 Å². The lowest BCUT2D eigenvalue weighted by atomic mass is 9.98. The molecule has 1 rings (SSSR count). The molecular weight excluding hydrogens is 352 g/mol. The average Bonchev–Trinajstić information content (AvgIpc) is 2.63. The van der Waals surface area contributed by atoms with Crippen LogP contribution in [0.4, 0.5) is 4.79 Å². The largest absolute Gasteiger partial charge is 0.445 e. The fourth-order valence-electron chi connectivity index (χ4n) is 2.25. The number of carbonyl (C=O) groups is 3. The maximum Gasteiger partial charge on any atom is 0.407 e. The number of ether oxygens (including phenoxy) is 1. The highest BCUT2D eigenvalue weighted by Crippen LogP contribution is 2.08. The van der Waals surface area contributed by atoms with E-state index < -0.39 is 36.0 Å². The Labute approximate surface area is 157 Å². The number of alkyl carbamates (subject to hydrolysis) is 1. The van der Waals surface area contributed by atoms with Crippen LogP contribution in [0, 0.1) is 17.2 Å². The summed E-state index contributed by atoms with van der Waals surface area (Å²) < 4.78 is 4.98. The van der Waals surface area contributed by atoms with Crippen LogP contribution in [-0.4, -0.2) is 41.7 Å². The first-order valence-electron chi connectivity index (χ1n) is 8.41. The van der Waals surface area contributed by atoms with Gasteiger partial charge < -0.3 is 26.2 Å². The van der Waals surface area contributed by atoms with Crippen molar-refractivity contribution in [2.45, 2.75) is 38.5 Å². The molecule has 0 fully saturated rings. The number of nitriles is 1. The van der Waals surface area contributed by atoms with Crippen molar-refractivity contribution in [2.24, 2.45) is 11.7 Å². The number of nitrogens with two attached hydrogens (primary N) is 1. The summed E-state index contributed by atoms with van der Waals surface area (Å²) in [6, 6.07) is 9.97. The van der Waals surface area contributed by atoms with Gasteiger partial charge >= 0.3 is 6.09 Å². The van der Waals surface area contributed by atoms with Gasteiger partial charge in [-0.15, -0.1) is 0 Å². The fourth-order valence-corrected chi connectivity index (χ4v) is 2.25. The molecule has 9 nitrogen and oxygen atoms in total. The maximum absolute atomic E-state index is 11.9. The van der Waals surface area contributed by atoms with E-state index in [1.807, 2.05) is 24.3 Å². The van der Waals surface area contributed by atoms with Gasteiger partial charge in [0.05, 0.1) is 18.6 Å². The van der Waals surface area contributed by atoms with Crippen LogP contribution in [0.2, 0.25) is 0 Å². The molecule has 0 aliphatic carbocycles. The number of carbonyl (C=O) groups excluding carboxylic acids is 3. The Hall–Kier alpha value is -3.12. The van der Waals surface area contributed by atoms with Crippen LogP contribution in [0.3, 0.4) is 0 Å². The summed E-state index contributed by atoms with van der Waals surface area (Å²) in [5.74, 6) is -1.83. The van der Waals surface area contributed by atoms with E-state index in [-0.39, 0.29) is 26.0 Å². The fraction of sp³-hybridized carbons (Fsp3) is 0.444. The molecule has 5 N–H and O–H groups in total. The minimum atomic E-state index is -1.17. The van der Waals surface area contributed by atoms with Crippen LogP contribution in [0.25, 0.3) is 0 Å². The van der Waals surface area contributed by atoms with E-state index in [0.717, 1.165) is 5.56 Å². The summed E-state index contributed by atoms with van der Waals surface area (Å²) in [6.07, 6.45) is -2.20. The smallest absolute Gasteiger partial charge is 0.407 e. The Balaban J connectivity index is 2.34. The molecule has 0 spiro atoms. The highest BCUT2D eigenvalue weighted by molar-refractivity contribution is 5.87. The molecule has 0 aromatic heterocycles. The summed E-state index contributed by atoms with van der Waals surface area (Å²) >= 11 is 0. The third-order valence-electron chi connectivity index (χ3n) is 3.72. The quantitative estimate of drug-likeness (QED) is 0.457. The van der Waals surface area contributed by atoms with E-state index in [1.54, 1.807) is 19.1 Å². The molecule has 0 unspecified atom stereocenters. The van der Waals surface area contributed by atoms with E-state index in [0.29, 0.717) is 0 Å². The van der Waals surface area contributed by atoms with Gasteiger partial charge in [-0.25, -0.2) is 4.79 Å². The topological polar surface area (TPSA) is 155 Å². The van der Waals surface area contributed by atoms with E-state index >= 15 is 0 Å². The van der Waals surface area contributed by atoms with Crippen molar-refractivity contribution in [1.29, 1.82) is 5.26 Å². The van der Waals surface area contributed by atoms with Gasteiger partial charge in [0, 0.05) is 13.0 Å². The minimum absolute atomic E-state index is 0.0469. The number of nitrogens with zero attached hydrogens (tertiary/aromatic N) is 1. The molecule has 0 saturated heterocycles. The molecule has 3 atom stereocenters. The van der Waals surface area contributed by atoms with Crippen molar-refractivity contribution in [1.82, 2.24) is 10.6 Å². The molecule has 0 radical (unpaired) electrons. The predicted molar refractivity (Wildman–Crippen MR) is 95.8 cm³/mol. The summed E-state index contributed by atoms with van der Waals surface area (Å²) in [5, 5.41) is 23.3. The van der Waals surface area contributed by atoms with Crippen LogP contribution in [0.1, 0.15) is 25.3 Å². The Morgan fingerprint density at radius 3 is 2.56 bits per heavy atom. The van der Waals surface area contributed by atoms with Crippen LogP contribution in [0.15, 0.2) is 30.3 Å². The molecule has 0 heterocycles. The van der Waals surface area contributed by atoms with Gasteiger partial charge in [-0.3, -0.25) is 9.59 Å². The normalized spacial score (nSPS) is 13.5. The van der Waals surface area contributed by atoms with Crippen LogP contribution >= 0.6 is 0 Å². The number of benzene rings is 1. The van der Waals surface area contributed by atoms with E-state index in [4.69, 9.17) is 15.7 Å². The number of amides is 3. The summed E-state index contributed by atoms with van der Waals surface area (Å²) in [6.45, 7) is 1.50. The average molecular weight is 376 g/mol. The number of rotatable bonds is 10. The van der Waals surface area contributed by atoms with Gasteiger partial charge in [0.15, 0.2) is 0 Å². The van der Waals surface area contributed by atoms with Crippen molar-refractivity contribution in [3.05, 3.63) is 35.9 Å². The molecule has 1 aromatic rings. The van der Waals surface area contributed by atoms with Crippen LogP contribution in [0.5, 0.6) is 0 Å². The predicted octanol–water partition coefficient (Wildman–Crippen LogP) is 0.184. The second-order valence-corrected chi connectivity index (χ2v) is 6.09. The Morgan fingerprint density at radius 2 is 1.96 bits per heavy atom. The highest BCUT2D eigenvalue weighted by atomic mass is 16.5. The lowest BCUT2D eigenvalue weighted by Crippen LogP contribution is -2.49. The zero-order chi connectivity index (χ0) is 20.2. The third-order valence-corrected chi connectivity index (χ3v) is 3.72. The van der Waals surface area contributed by atoms with E-state index in [9.17, 15) is 19.5 Å².